The minimum atomic E-state index is -4.54. The molecule has 140 valence electrons. The summed E-state index contributed by atoms with van der Waals surface area (Å²) >= 11 is 0. The molecule has 0 radical (unpaired) electrons. The molecule has 1 saturated carbocycles. The molecule has 8 heteroatoms. The molecule has 1 aliphatic carbocycles. The van der Waals surface area contributed by atoms with Gasteiger partial charge in [-0.1, -0.05) is 25.0 Å². The Balaban J connectivity index is 1.91. The van der Waals surface area contributed by atoms with Crippen LogP contribution in [0.2, 0.25) is 0 Å². The van der Waals surface area contributed by atoms with E-state index in [-0.39, 0.29) is 24.8 Å². The van der Waals surface area contributed by atoms with Crippen molar-refractivity contribution in [3.63, 3.8) is 0 Å². The quantitative estimate of drug-likeness (QED) is 0.815. The van der Waals surface area contributed by atoms with Gasteiger partial charge in [-0.15, -0.1) is 0 Å². The molecule has 1 amide bonds. The first-order valence-electron chi connectivity index (χ1n) is 8.15. The summed E-state index contributed by atoms with van der Waals surface area (Å²) in [5.41, 5.74) is 4.27. The minimum Gasteiger partial charge on any atom is -0.490 e. The fourth-order valence-corrected chi connectivity index (χ4v) is 3.06. The van der Waals surface area contributed by atoms with E-state index in [4.69, 9.17) is 10.5 Å². The number of likely N-dealkylation sites (N-methyl/N-ethyl adjacent to an activating group) is 1. The van der Waals surface area contributed by atoms with E-state index in [0.29, 0.717) is 12.8 Å². The molecule has 1 unspecified atom stereocenters. The highest BCUT2D eigenvalue weighted by molar-refractivity contribution is 5.86. The topological polar surface area (TPSA) is 75.8 Å². The first-order chi connectivity index (χ1) is 11.6. The molecule has 2 rings (SSSR count). The summed E-state index contributed by atoms with van der Waals surface area (Å²) in [6, 6.07) is 4.79. The van der Waals surface area contributed by atoms with Crippen molar-refractivity contribution >= 4 is 5.91 Å². The van der Waals surface area contributed by atoms with Gasteiger partial charge in [0.1, 0.15) is 18.5 Å². The largest absolute Gasteiger partial charge is 0.490 e. The minimum absolute atomic E-state index is 0.0635. The van der Waals surface area contributed by atoms with Crippen LogP contribution in [0, 0.1) is 0 Å². The van der Waals surface area contributed by atoms with Crippen molar-refractivity contribution in [2.24, 2.45) is 5.73 Å². The summed E-state index contributed by atoms with van der Waals surface area (Å²) < 4.78 is 43.8. The van der Waals surface area contributed by atoms with E-state index in [1.165, 1.54) is 30.1 Å². The molecule has 1 aromatic carbocycles. The average Bonchev–Trinajstić information content (AvgIpc) is 2.99. The first-order valence-corrected chi connectivity index (χ1v) is 8.15. The number of ether oxygens (including phenoxy) is 1. The van der Waals surface area contributed by atoms with Crippen LogP contribution in [0.25, 0.3) is 0 Å². The third-order valence-corrected chi connectivity index (χ3v) is 4.38. The molecule has 0 aliphatic heterocycles. The lowest BCUT2D eigenvalue weighted by Gasteiger charge is -2.30. The molecule has 25 heavy (non-hydrogen) atoms. The highest BCUT2D eigenvalue weighted by atomic mass is 19.4. The van der Waals surface area contributed by atoms with Gasteiger partial charge in [0.15, 0.2) is 0 Å². The summed E-state index contributed by atoms with van der Waals surface area (Å²) in [7, 11) is 1.52. The van der Waals surface area contributed by atoms with E-state index in [2.05, 4.69) is 0 Å². The third kappa shape index (κ3) is 4.85. The van der Waals surface area contributed by atoms with Gasteiger partial charge in [-0.3, -0.25) is 4.79 Å². The smallest absolute Gasteiger partial charge is 0.419 e. The van der Waals surface area contributed by atoms with Crippen molar-refractivity contribution in [2.75, 3.05) is 20.2 Å². The predicted octanol–water partition coefficient (Wildman–Crippen LogP) is 2.17. The Hall–Kier alpha value is -1.80. The Morgan fingerprint density at radius 3 is 2.56 bits per heavy atom. The zero-order valence-corrected chi connectivity index (χ0v) is 14.1. The van der Waals surface area contributed by atoms with Crippen molar-refractivity contribution in [2.45, 2.75) is 43.5 Å². The number of benzene rings is 1. The van der Waals surface area contributed by atoms with Crippen LogP contribution in [-0.2, 0) is 11.0 Å². The SMILES string of the molecule is CN(CC(O)COc1ccccc1C(F)(F)F)C(=O)C1(N)CCCC1. The number of aliphatic hydroxyl groups is 1. The third-order valence-electron chi connectivity index (χ3n) is 4.38. The Morgan fingerprint density at radius 2 is 1.96 bits per heavy atom. The van der Waals surface area contributed by atoms with E-state index >= 15 is 0 Å². The van der Waals surface area contributed by atoms with Crippen molar-refractivity contribution in [3.8, 4) is 5.75 Å². The number of halogens is 3. The van der Waals surface area contributed by atoms with Crippen LogP contribution in [0.5, 0.6) is 5.75 Å². The molecule has 1 atom stereocenters. The normalized spacial score (nSPS) is 18.0. The summed E-state index contributed by atoms with van der Waals surface area (Å²) in [5.74, 6) is -0.617. The number of carbonyl (C=O) groups is 1. The molecule has 0 spiro atoms. The van der Waals surface area contributed by atoms with Gasteiger partial charge in [0.25, 0.3) is 0 Å². The number of para-hydroxylation sites is 1. The molecule has 5 nitrogen and oxygen atoms in total. The molecule has 1 fully saturated rings. The molecule has 0 aromatic heterocycles. The maximum Gasteiger partial charge on any atom is 0.419 e. The lowest BCUT2D eigenvalue weighted by atomic mass is 9.97. The van der Waals surface area contributed by atoms with Gasteiger partial charge in [0.2, 0.25) is 5.91 Å². The van der Waals surface area contributed by atoms with Crippen LogP contribution in [0.1, 0.15) is 31.2 Å². The van der Waals surface area contributed by atoms with Crippen LogP contribution < -0.4 is 10.5 Å². The Morgan fingerprint density at radius 1 is 1.36 bits per heavy atom. The van der Waals surface area contributed by atoms with Gasteiger partial charge in [-0.25, -0.2) is 0 Å². The summed E-state index contributed by atoms with van der Waals surface area (Å²) in [4.78, 5) is 13.7. The van der Waals surface area contributed by atoms with Crippen molar-refractivity contribution in [3.05, 3.63) is 29.8 Å². The van der Waals surface area contributed by atoms with Gasteiger partial charge < -0.3 is 20.5 Å². The molecule has 1 aromatic rings. The Bertz CT molecular complexity index is 601. The number of rotatable bonds is 6. The van der Waals surface area contributed by atoms with Gasteiger partial charge in [-0.05, 0) is 25.0 Å². The Labute approximate surface area is 144 Å². The lowest BCUT2D eigenvalue weighted by Crippen LogP contribution is -2.54. The van der Waals surface area contributed by atoms with Gasteiger partial charge in [0, 0.05) is 13.6 Å². The number of nitrogens with two attached hydrogens (primary N) is 1. The molecule has 0 heterocycles. The molecule has 0 bridgehead atoms. The van der Waals surface area contributed by atoms with E-state index in [1.54, 1.807) is 0 Å². The monoisotopic (exact) mass is 360 g/mol. The first kappa shape index (κ1) is 19.5. The van der Waals surface area contributed by atoms with E-state index < -0.39 is 23.4 Å². The van der Waals surface area contributed by atoms with Crippen LogP contribution in [0.3, 0.4) is 0 Å². The molecule has 0 saturated heterocycles. The number of nitrogens with zero attached hydrogens (tertiary/aromatic N) is 1. The van der Waals surface area contributed by atoms with Crippen molar-refractivity contribution in [1.29, 1.82) is 0 Å². The second kappa shape index (κ2) is 7.61. The fraction of sp³-hybridized carbons (Fsp3) is 0.588. The summed E-state index contributed by atoms with van der Waals surface area (Å²) in [6.07, 6.45) is -2.70. The average molecular weight is 360 g/mol. The number of hydrogen-bond donors (Lipinski definition) is 2. The number of alkyl halides is 3. The lowest BCUT2D eigenvalue weighted by molar-refractivity contribution is -0.139. The second-order valence-electron chi connectivity index (χ2n) is 6.51. The Kier molecular flexibility index (Phi) is 5.95. The van der Waals surface area contributed by atoms with Gasteiger partial charge >= 0.3 is 6.18 Å². The fourth-order valence-electron chi connectivity index (χ4n) is 3.06. The summed E-state index contributed by atoms with van der Waals surface area (Å²) in [5, 5.41) is 10.0. The van der Waals surface area contributed by atoms with Crippen LogP contribution in [-0.4, -0.2) is 47.8 Å². The summed E-state index contributed by atoms with van der Waals surface area (Å²) in [6.45, 7) is -0.422. The molecule has 3 N–H and O–H groups in total. The molecular formula is C17H23F3N2O3. The number of carbonyl (C=O) groups excluding carboxylic acids is 1. The van der Waals surface area contributed by atoms with Crippen molar-refractivity contribution < 1.29 is 27.8 Å². The van der Waals surface area contributed by atoms with Crippen molar-refractivity contribution in [1.82, 2.24) is 4.90 Å². The van der Waals surface area contributed by atoms with Crippen LogP contribution in [0.4, 0.5) is 13.2 Å². The standard InChI is InChI=1S/C17H23F3N2O3/c1-22(15(24)16(21)8-4-5-9-16)10-12(23)11-25-14-7-3-2-6-13(14)17(18,19)20/h2-3,6-7,12,23H,4-5,8-11,21H2,1H3. The second-order valence-corrected chi connectivity index (χ2v) is 6.51. The highest BCUT2D eigenvalue weighted by Crippen LogP contribution is 2.36. The zero-order chi connectivity index (χ0) is 18.7. The molecule has 1 aliphatic rings. The van der Waals surface area contributed by atoms with Gasteiger partial charge in [0.05, 0.1) is 11.1 Å². The van der Waals surface area contributed by atoms with E-state index in [0.717, 1.165) is 18.9 Å². The van der Waals surface area contributed by atoms with E-state index in [9.17, 15) is 23.1 Å². The maximum absolute atomic E-state index is 12.9. The number of aliphatic hydroxyl groups excluding tert-OH is 1. The zero-order valence-electron chi connectivity index (χ0n) is 14.1. The highest BCUT2D eigenvalue weighted by Gasteiger charge is 2.39. The van der Waals surface area contributed by atoms with E-state index in [1.807, 2.05) is 0 Å². The predicted molar refractivity (Wildman–Crippen MR) is 86.0 cm³/mol. The number of hydrogen-bond acceptors (Lipinski definition) is 4. The maximum atomic E-state index is 12.9. The molecular weight excluding hydrogens is 337 g/mol. The van der Waals surface area contributed by atoms with Crippen LogP contribution >= 0.6 is 0 Å². The van der Waals surface area contributed by atoms with Crippen LogP contribution in [0.15, 0.2) is 24.3 Å². The van der Waals surface area contributed by atoms with Gasteiger partial charge in [-0.2, -0.15) is 13.2 Å². The number of amides is 1.